The number of guanidine groups is 1. The number of para-hydroxylation sites is 1. The van der Waals surface area contributed by atoms with Crippen LogP contribution in [0.5, 0.6) is 5.75 Å². The van der Waals surface area contributed by atoms with Crippen molar-refractivity contribution < 1.29 is 22.6 Å². The molecule has 0 saturated heterocycles. The van der Waals surface area contributed by atoms with E-state index >= 15 is 0 Å². The normalized spacial score (nSPS) is 20.6. The highest BCUT2D eigenvalue weighted by Gasteiger charge is 2.42. The molecule has 1 saturated carbocycles. The fraction of sp³-hybridized carbons (Fsp3) is 0.562. The molecule has 5 nitrogen and oxygen atoms in total. The van der Waals surface area contributed by atoms with Gasteiger partial charge in [-0.25, -0.2) is 0 Å². The summed E-state index contributed by atoms with van der Waals surface area (Å²) in [5.41, 5.74) is 0.556. The third kappa shape index (κ3) is 5.59. The van der Waals surface area contributed by atoms with Crippen molar-refractivity contribution in [2.45, 2.75) is 31.7 Å². The average molecular weight is 345 g/mol. The van der Waals surface area contributed by atoms with E-state index in [1.807, 2.05) is 6.92 Å². The van der Waals surface area contributed by atoms with Gasteiger partial charge in [0.2, 0.25) is 0 Å². The average Bonchev–Trinajstić information content (AvgIpc) is 3.25. The monoisotopic (exact) mass is 345 g/mol. The van der Waals surface area contributed by atoms with Crippen molar-refractivity contribution in [1.82, 2.24) is 10.6 Å². The maximum atomic E-state index is 12.5. The number of nitrogens with one attached hydrogen (secondary N) is 2. The number of benzene rings is 1. The molecule has 0 amide bonds. The third-order valence-electron chi connectivity index (χ3n) is 3.57. The first-order valence-electron chi connectivity index (χ1n) is 7.83. The third-order valence-corrected chi connectivity index (χ3v) is 3.57. The van der Waals surface area contributed by atoms with E-state index < -0.39 is 6.36 Å². The van der Waals surface area contributed by atoms with Crippen molar-refractivity contribution in [2.24, 2.45) is 4.99 Å². The Hall–Kier alpha value is -1.96. The molecular weight excluding hydrogens is 323 g/mol. The lowest BCUT2D eigenvalue weighted by atomic mass is 10.1. The fourth-order valence-electron chi connectivity index (χ4n) is 2.45. The molecule has 0 aromatic heterocycles. The van der Waals surface area contributed by atoms with Gasteiger partial charge in [-0.1, -0.05) is 18.2 Å². The zero-order chi connectivity index (χ0) is 17.6. The van der Waals surface area contributed by atoms with Gasteiger partial charge in [0.05, 0.1) is 13.2 Å². The van der Waals surface area contributed by atoms with E-state index in [1.165, 1.54) is 12.1 Å². The van der Waals surface area contributed by atoms with Gasteiger partial charge in [-0.15, -0.1) is 13.2 Å². The summed E-state index contributed by atoms with van der Waals surface area (Å²) in [5.74, 6) is 0.465. The molecule has 0 radical (unpaired) electrons. The molecule has 1 aliphatic carbocycles. The van der Waals surface area contributed by atoms with Crippen molar-refractivity contribution in [3.05, 3.63) is 29.8 Å². The highest BCUT2D eigenvalue weighted by Crippen LogP contribution is 2.45. The van der Waals surface area contributed by atoms with Gasteiger partial charge in [-0.3, -0.25) is 4.99 Å². The second-order valence-corrected chi connectivity index (χ2v) is 5.43. The summed E-state index contributed by atoms with van der Waals surface area (Å²) >= 11 is 0. The molecule has 2 unspecified atom stereocenters. The summed E-state index contributed by atoms with van der Waals surface area (Å²) in [6.07, 6.45) is -3.96. The maximum absolute atomic E-state index is 12.5. The first kappa shape index (κ1) is 18.4. The Kier molecular flexibility index (Phi) is 6.30. The van der Waals surface area contributed by atoms with E-state index in [0.717, 1.165) is 6.42 Å². The summed E-state index contributed by atoms with van der Waals surface area (Å²) in [6.45, 7) is 3.66. The summed E-state index contributed by atoms with van der Waals surface area (Å²) in [7, 11) is 1.60. The molecule has 1 aromatic rings. The van der Waals surface area contributed by atoms with Gasteiger partial charge in [0.1, 0.15) is 5.75 Å². The number of aliphatic imine (C=N–C) groups is 1. The van der Waals surface area contributed by atoms with E-state index in [-0.39, 0.29) is 17.7 Å². The van der Waals surface area contributed by atoms with Crippen LogP contribution in [0.4, 0.5) is 13.2 Å². The number of nitrogens with zero attached hydrogens (tertiary/aromatic N) is 1. The van der Waals surface area contributed by atoms with Gasteiger partial charge in [0, 0.05) is 25.6 Å². The SMILES string of the molecule is CCNC(=NCCOC)NC1CC1c1ccccc1OC(F)(F)F. The van der Waals surface area contributed by atoms with E-state index in [9.17, 15) is 13.2 Å². The van der Waals surface area contributed by atoms with E-state index in [4.69, 9.17) is 4.74 Å². The smallest absolute Gasteiger partial charge is 0.405 e. The van der Waals surface area contributed by atoms with Crippen LogP contribution in [0.3, 0.4) is 0 Å². The molecule has 0 heterocycles. The number of hydrogen-bond acceptors (Lipinski definition) is 3. The van der Waals surface area contributed by atoms with Crippen molar-refractivity contribution in [3.8, 4) is 5.75 Å². The Bertz CT molecular complexity index is 564. The lowest BCUT2D eigenvalue weighted by Crippen LogP contribution is -2.39. The standard InChI is InChI=1S/C16H22F3N3O2/c1-3-20-15(21-8-9-23-2)22-13-10-12(13)11-6-4-5-7-14(11)24-16(17,18)19/h4-7,12-13H,3,8-10H2,1-2H3,(H2,20,21,22). The molecule has 0 spiro atoms. The van der Waals surface area contributed by atoms with Crippen LogP contribution < -0.4 is 15.4 Å². The number of alkyl halides is 3. The Morgan fingerprint density at radius 1 is 1.33 bits per heavy atom. The van der Waals surface area contributed by atoms with Gasteiger partial charge in [-0.2, -0.15) is 0 Å². The fourth-order valence-corrected chi connectivity index (χ4v) is 2.45. The lowest BCUT2D eigenvalue weighted by Gasteiger charge is -2.14. The van der Waals surface area contributed by atoms with Crippen molar-refractivity contribution in [1.29, 1.82) is 0 Å². The second kappa shape index (κ2) is 8.23. The topological polar surface area (TPSA) is 54.9 Å². The van der Waals surface area contributed by atoms with Crippen LogP contribution in [0.2, 0.25) is 0 Å². The van der Waals surface area contributed by atoms with Crippen LogP contribution in [-0.2, 0) is 4.74 Å². The van der Waals surface area contributed by atoms with E-state index in [0.29, 0.717) is 31.2 Å². The zero-order valence-corrected chi connectivity index (χ0v) is 13.7. The highest BCUT2D eigenvalue weighted by molar-refractivity contribution is 5.80. The molecule has 2 N–H and O–H groups in total. The maximum Gasteiger partial charge on any atom is 0.573 e. The molecule has 2 rings (SSSR count). The summed E-state index contributed by atoms with van der Waals surface area (Å²) < 4.78 is 46.6. The lowest BCUT2D eigenvalue weighted by molar-refractivity contribution is -0.274. The molecule has 2 atom stereocenters. The summed E-state index contributed by atoms with van der Waals surface area (Å²) in [4.78, 5) is 4.35. The van der Waals surface area contributed by atoms with Crippen LogP contribution in [0.1, 0.15) is 24.8 Å². The quantitative estimate of drug-likeness (QED) is 0.453. The Morgan fingerprint density at radius 2 is 2.08 bits per heavy atom. The summed E-state index contributed by atoms with van der Waals surface area (Å²) in [5, 5.41) is 6.35. The largest absolute Gasteiger partial charge is 0.573 e. The summed E-state index contributed by atoms with van der Waals surface area (Å²) in [6, 6.07) is 6.29. The second-order valence-electron chi connectivity index (χ2n) is 5.43. The van der Waals surface area contributed by atoms with Crippen molar-refractivity contribution in [2.75, 3.05) is 26.8 Å². The predicted molar refractivity (Wildman–Crippen MR) is 85.3 cm³/mol. The van der Waals surface area contributed by atoms with Crippen LogP contribution in [0.25, 0.3) is 0 Å². The molecule has 24 heavy (non-hydrogen) atoms. The first-order chi connectivity index (χ1) is 11.4. The Labute approximate surface area is 139 Å². The van der Waals surface area contributed by atoms with Gasteiger partial charge >= 0.3 is 6.36 Å². The minimum atomic E-state index is -4.69. The number of methoxy groups -OCH3 is 1. The van der Waals surface area contributed by atoms with Gasteiger partial charge in [0.15, 0.2) is 5.96 Å². The van der Waals surface area contributed by atoms with E-state index in [1.54, 1.807) is 19.2 Å². The molecule has 1 fully saturated rings. The molecule has 0 aliphatic heterocycles. The number of halogens is 3. The van der Waals surface area contributed by atoms with Gasteiger partial charge in [0.25, 0.3) is 0 Å². The minimum Gasteiger partial charge on any atom is -0.405 e. The molecule has 134 valence electrons. The molecular formula is C16H22F3N3O2. The van der Waals surface area contributed by atoms with Crippen LogP contribution in [0.15, 0.2) is 29.3 Å². The molecule has 8 heteroatoms. The Balaban J connectivity index is 2.00. The predicted octanol–water partition coefficient (Wildman–Crippen LogP) is 2.64. The van der Waals surface area contributed by atoms with Crippen molar-refractivity contribution >= 4 is 5.96 Å². The van der Waals surface area contributed by atoms with Crippen molar-refractivity contribution in [3.63, 3.8) is 0 Å². The van der Waals surface area contributed by atoms with Gasteiger partial charge in [-0.05, 0) is 25.0 Å². The van der Waals surface area contributed by atoms with E-state index in [2.05, 4.69) is 20.4 Å². The highest BCUT2D eigenvalue weighted by atomic mass is 19.4. The first-order valence-corrected chi connectivity index (χ1v) is 7.83. The zero-order valence-electron chi connectivity index (χ0n) is 13.7. The van der Waals surface area contributed by atoms with Crippen LogP contribution in [-0.4, -0.2) is 45.2 Å². The Morgan fingerprint density at radius 3 is 2.75 bits per heavy atom. The molecule has 1 aromatic carbocycles. The molecule has 1 aliphatic rings. The van der Waals surface area contributed by atoms with Crippen LogP contribution >= 0.6 is 0 Å². The number of rotatable bonds is 7. The van der Waals surface area contributed by atoms with Gasteiger partial charge < -0.3 is 20.1 Å². The molecule has 0 bridgehead atoms. The number of hydrogen-bond donors (Lipinski definition) is 2. The number of ether oxygens (including phenoxy) is 2. The minimum absolute atomic E-state index is 0.0309. The van der Waals surface area contributed by atoms with Crippen LogP contribution in [0, 0.1) is 0 Å².